The monoisotopic (exact) mass is 286 g/mol. The van der Waals surface area contributed by atoms with Gasteiger partial charge in [-0.25, -0.2) is 0 Å². The van der Waals surface area contributed by atoms with E-state index >= 15 is 0 Å². The smallest absolute Gasteiger partial charge is 0.202 e. The molecule has 3 aromatic rings. The first-order chi connectivity index (χ1) is 9.58. The second-order valence-electron chi connectivity index (χ2n) is 4.59. The lowest BCUT2D eigenvalue weighted by molar-refractivity contribution is 0.475. The molecule has 3 nitrogen and oxygen atoms in total. The molecule has 0 spiro atoms. The number of fused-ring (bicyclic) bond motifs is 1. The Morgan fingerprint density at radius 1 is 1.10 bits per heavy atom. The second kappa shape index (κ2) is 4.69. The fourth-order valence-corrected chi connectivity index (χ4v) is 2.36. The maximum atomic E-state index is 12.6. The van der Waals surface area contributed by atoms with Crippen LogP contribution in [0.4, 0.5) is 0 Å². The van der Waals surface area contributed by atoms with Crippen LogP contribution in [0, 0.1) is 6.92 Å². The highest BCUT2D eigenvalue weighted by Crippen LogP contribution is 2.27. The van der Waals surface area contributed by atoms with Crippen molar-refractivity contribution in [2.45, 2.75) is 6.92 Å². The molecule has 1 N–H and O–H groups in total. The van der Waals surface area contributed by atoms with E-state index in [1.807, 2.05) is 13.0 Å². The predicted molar refractivity (Wildman–Crippen MR) is 79.3 cm³/mol. The van der Waals surface area contributed by atoms with E-state index in [-0.39, 0.29) is 11.2 Å². The minimum absolute atomic E-state index is 0.146. The first kappa shape index (κ1) is 12.8. The van der Waals surface area contributed by atoms with Crippen LogP contribution in [0.1, 0.15) is 5.56 Å². The standard InChI is InChI=1S/C16H11ClO3/c1-9-2-7-13-14(15(9)17)16(19)12(8-20-13)10-3-5-11(18)6-4-10/h2-8,18H,1H3. The van der Waals surface area contributed by atoms with Gasteiger partial charge < -0.3 is 9.52 Å². The van der Waals surface area contributed by atoms with Crippen LogP contribution >= 0.6 is 11.6 Å². The Labute approximate surface area is 120 Å². The van der Waals surface area contributed by atoms with Crippen LogP contribution in [0.5, 0.6) is 5.75 Å². The molecule has 2 aromatic carbocycles. The van der Waals surface area contributed by atoms with Crippen LogP contribution in [0.3, 0.4) is 0 Å². The van der Waals surface area contributed by atoms with E-state index in [0.29, 0.717) is 27.1 Å². The minimum Gasteiger partial charge on any atom is -0.508 e. The Bertz CT molecular complexity index is 848. The summed E-state index contributed by atoms with van der Waals surface area (Å²) in [5, 5.41) is 10.1. The lowest BCUT2D eigenvalue weighted by Gasteiger charge is -2.05. The third-order valence-corrected chi connectivity index (χ3v) is 3.74. The number of phenolic OH excluding ortho intramolecular Hbond substituents is 1. The van der Waals surface area contributed by atoms with Crippen LogP contribution in [-0.2, 0) is 0 Å². The number of halogens is 1. The van der Waals surface area contributed by atoms with Crippen molar-refractivity contribution in [1.82, 2.24) is 0 Å². The van der Waals surface area contributed by atoms with E-state index in [1.165, 1.54) is 18.4 Å². The molecule has 3 rings (SSSR count). The van der Waals surface area contributed by atoms with Gasteiger partial charge in [-0.15, -0.1) is 0 Å². The van der Waals surface area contributed by atoms with Gasteiger partial charge >= 0.3 is 0 Å². The molecule has 0 saturated heterocycles. The van der Waals surface area contributed by atoms with Gasteiger partial charge in [-0.3, -0.25) is 4.79 Å². The molecular formula is C16H11ClO3. The fourth-order valence-electron chi connectivity index (χ4n) is 2.12. The Hall–Kier alpha value is -2.26. The van der Waals surface area contributed by atoms with Crippen molar-refractivity contribution < 1.29 is 9.52 Å². The van der Waals surface area contributed by atoms with Crippen LogP contribution in [0.15, 0.2) is 51.9 Å². The van der Waals surface area contributed by atoms with Crippen molar-refractivity contribution >= 4 is 22.6 Å². The predicted octanol–water partition coefficient (Wildman–Crippen LogP) is 4.13. The summed E-state index contributed by atoms with van der Waals surface area (Å²) < 4.78 is 5.50. The Balaban J connectivity index is 2.34. The Morgan fingerprint density at radius 2 is 1.80 bits per heavy atom. The van der Waals surface area contributed by atoms with Crippen molar-refractivity contribution in [2.24, 2.45) is 0 Å². The summed E-state index contributed by atoms with van der Waals surface area (Å²) in [6.45, 7) is 1.84. The Kier molecular flexibility index (Phi) is 2.99. The zero-order chi connectivity index (χ0) is 14.3. The molecule has 1 aromatic heterocycles. The first-order valence-electron chi connectivity index (χ1n) is 6.08. The van der Waals surface area contributed by atoms with Gasteiger partial charge in [0, 0.05) is 0 Å². The maximum absolute atomic E-state index is 12.6. The lowest BCUT2D eigenvalue weighted by Crippen LogP contribution is -2.05. The molecule has 0 aliphatic carbocycles. The van der Waals surface area contributed by atoms with Crippen LogP contribution in [0.2, 0.25) is 5.02 Å². The molecule has 0 amide bonds. The normalized spacial score (nSPS) is 10.9. The van der Waals surface area contributed by atoms with Crippen LogP contribution < -0.4 is 5.43 Å². The van der Waals surface area contributed by atoms with E-state index in [4.69, 9.17) is 16.0 Å². The quantitative estimate of drug-likeness (QED) is 0.732. The van der Waals surface area contributed by atoms with Gasteiger partial charge in [0.25, 0.3) is 0 Å². The molecular weight excluding hydrogens is 276 g/mol. The minimum atomic E-state index is -0.175. The summed E-state index contributed by atoms with van der Waals surface area (Å²) >= 11 is 6.22. The number of hydrogen-bond donors (Lipinski definition) is 1. The number of benzene rings is 2. The van der Waals surface area contributed by atoms with Gasteiger partial charge in [0.05, 0.1) is 16.0 Å². The third-order valence-electron chi connectivity index (χ3n) is 3.25. The van der Waals surface area contributed by atoms with E-state index in [1.54, 1.807) is 18.2 Å². The molecule has 0 bridgehead atoms. The number of aryl methyl sites for hydroxylation is 1. The zero-order valence-electron chi connectivity index (χ0n) is 10.7. The van der Waals surface area contributed by atoms with Gasteiger partial charge in [-0.05, 0) is 36.2 Å². The molecule has 0 saturated carbocycles. The molecule has 20 heavy (non-hydrogen) atoms. The Morgan fingerprint density at radius 3 is 2.50 bits per heavy atom. The van der Waals surface area contributed by atoms with Gasteiger partial charge in [-0.1, -0.05) is 29.8 Å². The van der Waals surface area contributed by atoms with E-state index in [9.17, 15) is 9.90 Å². The first-order valence-corrected chi connectivity index (χ1v) is 6.46. The average Bonchev–Trinajstić information content (AvgIpc) is 2.44. The highest BCUT2D eigenvalue weighted by atomic mass is 35.5. The van der Waals surface area contributed by atoms with Crippen molar-refractivity contribution in [1.29, 1.82) is 0 Å². The lowest BCUT2D eigenvalue weighted by atomic mass is 10.0. The van der Waals surface area contributed by atoms with Gasteiger partial charge in [0.15, 0.2) is 0 Å². The van der Waals surface area contributed by atoms with Crippen molar-refractivity contribution in [3.63, 3.8) is 0 Å². The number of rotatable bonds is 1. The van der Waals surface area contributed by atoms with Crippen LogP contribution in [-0.4, -0.2) is 5.11 Å². The molecule has 4 heteroatoms. The molecule has 0 atom stereocenters. The summed E-state index contributed by atoms with van der Waals surface area (Å²) in [5.41, 5.74) is 2.22. The maximum Gasteiger partial charge on any atom is 0.202 e. The topological polar surface area (TPSA) is 50.4 Å². The summed E-state index contributed by atoms with van der Waals surface area (Å²) in [5.74, 6) is 0.146. The molecule has 100 valence electrons. The van der Waals surface area contributed by atoms with Crippen molar-refractivity contribution in [3.05, 3.63) is 63.5 Å². The fraction of sp³-hybridized carbons (Fsp3) is 0.0625. The molecule has 0 radical (unpaired) electrons. The van der Waals surface area contributed by atoms with E-state index in [2.05, 4.69) is 0 Å². The van der Waals surface area contributed by atoms with Gasteiger partial charge in [-0.2, -0.15) is 0 Å². The summed E-state index contributed by atoms with van der Waals surface area (Å²) in [7, 11) is 0. The number of phenols is 1. The molecule has 0 unspecified atom stereocenters. The molecule has 0 aliphatic rings. The summed E-state index contributed by atoms with van der Waals surface area (Å²) in [6, 6.07) is 9.92. The van der Waals surface area contributed by atoms with E-state index < -0.39 is 0 Å². The highest BCUT2D eigenvalue weighted by molar-refractivity contribution is 6.36. The summed E-state index contributed by atoms with van der Waals surface area (Å²) in [4.78, 5) is 12.6. The van der Waals surface area contributed by atoms with Crippen molar-refractivity contribution in [2.75, 3.05) is 0 Å². The SMILES string of the molecule is Cc1ccc2occ(-c3ccc(O)cc3)c(=O)c2c1Cl. The highest BCUT2D eigenvalue weighted by Gasteiger charge is 2.13. The van der Waals surface area contributed by atoms with Gasteiger partial charge in [0.2, 0.25) is 5.43 Å². The molecule has 1 heterocycles. The molecule has 0 fully saturated rings. The average molecular weight is 287 g/mol. The van der Waals surface area contributed by atoms with Crippen LogP contribution in [0.25, 0.3) is 22.1 Å². The molecule has 0 aliphatic heterocycles. The number of hydrogen-bond acceptors (Lipinski definition) is 3. The second-order valence-corrected chi connectivity index (χ2v) is 4.97. The van der Waals surface area contributed by atoms with Gasteiger partial charge in [0.1, 0.15) is 17.6 Å². The third kappa shape index (κ3) is 1.96. The van der Waals surface area contributed by atoms with Crippen molar-refractivity contribution in [3.8, 4) is 16.9 Å². The number of aromatic hydroxyl groups is 1. The summed E-state index contributed by atoms with van der Waals surface area (Å²) in [6.07, 6.45) is 1.42. The largest absolute Gasteiger partial charge is 0.508 e. The van der Waals surface area contributed by atoms with E-state index in [0.717, 1.165) is 5.56 Å². The zero-order valence-corrected chi connectivity index (χ0v) is 11.4.